The molecule has 0 saturated carbocycles. The number of benzene rings is 2. The molecule has 3 aromatic rings. The van der Waals surface area contributed by atoms with Crippen LogP contribution in [0.1, 0.15) is 23.6 Å². The summed E-state index contributed by atoms with van der Waals surface area (Å²) in [5.74, 6) is -5.83. The summed E-state index contributed by atoms with van der Waals surface area (Å²) < 4.78 is 96.2. The predicted molar refractivity (Wildman–Crippen MR) is 123 cm³/mol. The van der Waals surface area contributed by atoms with Gasteiger partial charge in [-0.25, -0.2) is 22.2 Å². The number of hydrogen-bond donors (Lipinski definition) is 2. The summed E-state index contributed by atoms with van der Waals surface area (Å²) in [7, 11) is -1.99. The summed E-state index contributed by atoms with van der Waals surface area (Å²) in [5.41, 5.74) is -0.343. The quantitative estimate of drug-likeness (QED) is 0.333. The molecule has 1 aliphatic heterocycles. The van der Waals surface area contributed by atoms with Gasteiger partial charge in [0, 0.05) is 31.6 Å². The highest BCUT2D eigenvalue weighted by molar-refractivity contribution is 7.83. The minimum atomic E-state index is -4.73. The van der Waals surface area contributed by atoms with Crippen molar-refractivity contribution in [1.82, 2.24) is 29.7 Å². The van der Waals surface area contributed by atoms with Crippen LogP contribution in [0.25, 0.3) is 0 Å². The first-order chi connectivity index (χ1) is 18.4. The van der Waals surface area contributed by atoms with Crippen molar-refractivity contribution >= 4 is 22.9 Å². The van der Waals surface area contributed by atoms with Gasteiger partial charge in [0.25, 0.3) is 0 Å². The van der Waals surface area contributed by atoms with Gasteiger partial charge in [-0.2, -0.15) is 13.2 Å². The molecular formula is C23H20F6N6O3S. The van der Waals surface area contributed by atoms with Crippen LogP contribution in [0.4, 0.5) is 31.1 Å². The summed E-state index contributed by atoms with van der Waals surface area (Å²) >= 11 is 0. The molecule has 2 heterocycles. The van der Waals surface area contributed by atoms with Crippen molar-refractivity contribution in [2.75, 3.05) is 6.54 Å². The van der Waals surface area contributed by atoms with E-state index in [1.807, 2.05) is 0 Å². The number of rotatable bonds is 7. The maximum absolute atomic E-state index is 14.3. The Hall–Kier alpha value is -3.95. The molecule has 3 amide bonds. The number of amides is 3. The molecule has 0 saturated heterocycles. The standard InChI is InChI=1S/C23H20F6N6O3S/c24-16-11-18(26)17(25)9-13(16)8-14(30-22(37)33-39(38)15-4-2-1-3-5-15)10-20(36)34-6-7-35-19(12-34)31-32-21(35)23(27,28)29/h1-5,9,11,14H,6-8,10,12H2,(H2,30,33,37)/t14-,39?/m1/s1. The summed E-state index contributed by atoms with van der Waals surface area (Å²) in [6.07, 6.45) is -5.68. The van der Waals surface area contributed by atoms with Gasteiger partial charge in [-0.3, -0.25) is 9.52 Å². The number of carbonyl (C=O) groups excluding carboxylic acids is 2. The van der Waals surface area contributed by atoms with Crippen molar-refractivity contribution in [1.29, 1.82) is 0 Å². The average molecular weight is 575 g/mol. The van der Waals surface area contributed by atoms with E-state index >= 15 is 0 Å². The number of nitrogens with zero attached hydrogens (tertiary/aromatic N) is 4. The molecule has 1 aromatic heterocycles. The van der Waals surface area contributed by atoms with E-state index in [0.29, 0.717) is 12.1 Å². The molecule has 0 spiro atoms. The maximum Gasteiger partial charge on any atom is 0.451 e. The lowest BCUT2D eigenvalue weighted by Crippen LogP contribution is -2.47. The minimum absolute atomic E-state index is 0.103. The van der Waals surface area contributed by atoms with Crippen molar-refractivity contribution in [2.45, 2.75) is 43.0 Å². The minimum Gasteiger partial charge on any atom is -0.334 e. The number of nitrogens with one attached hydrogen (secondary N) is 2. The molecule has 0 aliphatic carbocycles. The van der Waals surface area contributed by atoms with Gasteiger partial charge in [-0.05, 0) is 30.2 Å². The predicted octanol–water partition coefficient (Wildman–Crippen LogP) is 3.08. The zero-order chi connectivity index (χ0) is 28.3. The van der Waals surface area contributed by atoms with Crippen molar-refractivity contribution in [3.8, 4) is 0 Å². The molecule has 2 atom stereocenters. The van der Waals surface area contributed by atoms with Gasteiger partial charge in [0.15, 0.2) is 28.4 Å². The lowest BCUT2D eigenvalue weighted by atomic mass is 10.0. The molecular weight excluding hydrogens is 554 g/mol. The highest BCUT2D eigenvalue weighted by atomic mass is 32.2. The summed E-state index contributed by atoms with van der Waals surface area (Å²) in [6, 6.07) is 6.57. The van der Waals surface area contributed by atoms with Crippen LogP contribution in [0, 0.1) is 17.5 Å². The van der Waals surface area contributed by atoms with Gasteiger partial charge >= 0.3 is 12.2 Å². The van der Waals surface area contributed by atoms with E-state index in [1.54, 1.807) is 18.2 Å². The largest absolute Gasteiger partial charge is 0.451 e. The van der Waals surface area contributed by atoms with Crippen LogP contribution in [0.3, 0.4) is 0 Å². The fourth-order valence-electron chi connectivity index (χ4n) is 3.98. The van der Waals surface area contributed by atoms with E-state index in [4.69, 9.17) is 0 Å². The lowest BCUT2D eigenvalue weighted by Gasteiger charge is -2.29. The molecule has 39 heavy (non-hydrogen) atoms. The number of alkyl halides is 3. The van der Waals surface area contributed by atoms with Crippen molar-refractivity contribution < 1.29 is 40.1 Å². The number of hydrogen-bond acceptors (Lipinski definition) is 5. The molecule has 4 rings (SSSR count). The first-order valence-corrected chi connectivity index (χ1v) is 12.5. The Balaban J connectivity index is 1.49. The molecule has 9 nitrogen and oxygen atoms in total. The summed E-state index contributed by atoms with van der Waals surface area (Å²) in [6.45, 7) is -0.683. The van der Waals surface area contributed by atoms with Crippen LogP contribution in [0.15, 0.2) is 47.4 Å². The fraction of sp³-hybridized carbons (Fsp3) is 0.304. The van der Waals surface area contributed by atoms with Gasteiger partial charge in [0.2, 0.25) is 11.7 Å². The lowest BCUT2D eigenvalue weighted by molar-refractivity contribution is -0.148. The number of urea groups is 1. The molecule has 16 heteroatoms. The van der Waals surface area contributed by atoms with Crippen LogP contribution >= 0.6 is 0 Å². The van der Waals surface area contributed by atoms with Gasteiger partial charge in [0.1, 0.15) is 5.82 Å². The van der Waals surface area contributed by atoms with Crippen LogP contribution in [-0.2, 0) is 41.5 Å². The van der Waals surface area contributed by atoms with Crippen LogP contribution in [-0.4, -0.2) is 48.4 Å². The van der Waals surface area contributed by atoms with Crippen molar-refractivity contribution in [3.63, 3.8) is 0 Å². The molecule has 1 unspecified atom stereocenters. The Morgan fingerprint density at radius 1 is 1.00 bits per heavy atom. The third-order valence-corrected chi connectivity index (χ3v) is 6.89. The Morgan fingerprint density at radius 3 is 2.38 bits per heavy atom. The van der Waals surface area contributed by atoms with E-state index in [1.165, 1.54) is 17.0 Å². The van der Waals surface area contributed by atoms with E-state index in [-0.39, 0.29) is 35.9 Å². The zero-order valence-corrected chi connectivity index (χ0v) is 20.7. The van der Waals surface area contributed by atoms with Gasteiger partial charge < -0.3 is 14.8 Å². The molecule has 1 aliphatic rings. The van der Waals surface area contributed by atoms with E-state index < -0.39 is 71.3 Å². The molecule has 208 valence electrons. The first-order valence-electron chi connectivity index (χ1n) is 11.4. The number of carbonyl (C=O) groups is 2. The van der Waals surface area contributed by atoms with Crippen LogP contribution in [0.2, 0.25) is 0 Å². The highest BCUT2D eigenvalue weighted by Gasteiger charge is 2.40. The molecule has 2 N–H and O–H groups in total. The first kappa shape index (κ1) is 28.1. The second-order valence-corrected chi connectivity index (χ2v) is 9.74. The Kier molecular flexibility index (Phi) is 8.22. The SMILES string of the molecule is O=C(N[C@@H](CC(=O)N1CCn2c(nnc2C(F)(F)F)C1)Cc1cc(F)c(F)cc1F)NS(=O)c1ccccc1. The fourth-order valence-corrected chi connectivity index (χ4v) is 4.73. The average Bonchev–Trinajstić information content (AvgIpc) is 3.31. The monoisotopic (exact) mass is 574 g/mol. The zero-order valence-electron chi connectivity index (χ0n) is 19.8. The van der Waals surface area contributed by atoms with E-state index in [9.17, 15) is 40.1 Å². The van der Waals surface area contributed by atoms with E-state index in [0.717, 1.165) is 4.57 Å². The highest BCUT2D eigenvalue weighted by Crippen LogP contribution is 2.29. The second-order valence-electron chi connectivity index (χ2n) is 8.52. The molecule has 2 aromatic carbocycles. The van der Waals surface area contributed by atoms with E-state index in [2.05, 4.69) is 20.2 Å². The van der Waals surface area contributed by atoms with Crippen LogP contribution < -0.4 is 10.0 Å². The third-order valence-electron chi connectivity index (χ3n) is 5.81. The number of halogens is 6. The third kappa shape index (κ3) is 6.74. The smallest absolute Gasteiger partial charge is 0.334 e. The Bertz CT molecular complexity index is 1400. The maximum atomic E-state index is 14.3. The second kappa shape index (κ2) is 11.4. The molecule has 0 radical (unpaired) electrons. The number of aromatic nitrogens is 3. The Morgan fingerprint density at radius 2 is 1.69 bits per heavy atom. The number of fused-ring (bicyclic) bond motifs is 1. The normalized spacial score (nSPS) is 14.9. The molecule has 0 fully saturated rings. The summed E-state index contributed by atoms with van der Waals surface area (Å²) in [4.78, 5) is 27.0. The topological polar surface area (TPSA) is 109 Å². The van der Waals surface area contributed by atoms with Gasteiger partial charge in [-0.15, -0.1) is 10.2 Å². The van der Waals surface area contributed by atoms with Crippen molar-refractivity contribution in [3.05, 3.63) is 77.1 Å². The molecule has 0 bridgehead atoms. The van der Waals surface area contributed by atoms with Gasteiger partial charge in [0.05, 0.1) is 11.4 Å². The van der Waals surface area contributed by atoms with Crippen LogP contribution in [0.5, 0.6) is 0 Å². The van der Waals surface area contributed by atoms with Gasteiger partial charge in [-0.1, -0.05) is 18.2 Å². The van der Waals surface area contributed by atoms with Crippen molar-refractivity contribution in [2.24, 2.45) is 0 Å². The summed E-state index contributed by atoms with van der Waals surface area (Å²) in [5, 5.41) is 9.03. The Labute approximate surface area is 219 Å².